The maximum absolute atomic E-state index is 9.46. The first-order chi connectivity index (χ1) is 6.36. The van der Waals surface area contributed by atoms with Crippen LogP contribution in [0.1, 0.15) is 16.8 Å². The summed E-state index contributed by atoms with van der Waals surface area (Å²) in [5.74, 6) is 0. The van der Waals surface area contributed by atoms with E-state index in [9.17, 15) is 5.11 Å². The van der Waals surface area contributed by atoms with Gasteiger partial charge in [0.1, 0.15) is 0 Å². The van der Waals surface area contributed by atoms with Crippen LogP contribution in [-0.2, 0) is 0 Å². The van der Waals surface area contributed by atoms with E-state index in [1.807, 2.05) is 12.1 Å². The number of benzene rings is 1. The third-order valence-electron chi connectivity index (χ3n) is 2.17. The molecule has 1 heterocycles. The van der Waals surface area contributed by atoms with Gasteiger partial charge in [0.2, 0.25) is 0 Å². The zero-order chi connectivity index (χ0) is 9.10. The van der Waals surface area contributed by atoms with Crippen molar-refractivity contribution in [3.8, 4) is 0 Å². The van der Waals surface area contributed by atoms with Gasteiger partial charge in [0.15, 0.2) is 0 Å². The Labute approximate surface area is 84.6 Å². The molecule has 0 aliphatic carbocycles. The van der Waals surface area contributed by atoms with E-state index < -0.39 is 0 Å². The van der Waals surface area contributed by atoms with Crippen molar-refractivity contribution in [3.63, 3.8) is 0 Å². The quantitative estimate of drug-likeness (QED) is 0.740. The van der Waals surface area contributed by atoms with Gasteiger partial charge in [-0.3, -0.25) is 0 Å². The summed E-state index contributed by atoms with van der Waals surface area (Å²) in [7, 11) is 0. The van der Waals surface area contributed by atoms with Crippen LogP contribution in [0.25, 0.3) is 0 Å². The molecule has 1 N–H and O–H groups in total. The Morgan fingerprint density at radius 1 is 1.23 bits per heavy atom. The minimum absolute atomic E-state index is 0.235. The molecule has 0 aromatic heterocycles. The summed E-state index contributed by atoms with van der Waals surface area (Å²) in [6, 6.07) is 10.5. The van der Waals surface area contributed by atoms with Gasteiger partial charge in [-0.15, -0.1) is 0 Å². The zero-order valence-corrected chi connectivity index (χ0v) is 8.97. The first-order valence-corrected chi connectivity index (χ1v) is 6.39. The second-order valence-electron chi connectivity index (χ2n) is 3.17. The zero-order valence-electron chi connectivity index (χ0n) is 7.26. The van der Waals surface area contributed by atoms with Gasteiger partial charge in [0, 0.05) is 0 Å². The van der Waals surface area contributed by atoms with Gasteiger partial charge in [-0.05, 0) is 0 Å². The third-order valence-corrected chi connectivity index (χ3v) is 4.49. The van der Waals surface area contributed by atoms with Crippen LogP contribution in [0.15, 0.2) is 41.4 Å². The standard InChI is InChI=1S/C11H12OSe/c12-10-6-7-13-11(8-10)9-4-2-1-3-5-9/h1-7,10-12H,8H2. The molecule has 1 aliphatic heterocycles. The maximum atomic E-state index is 9.46. The van der Waals surface area contributed by atoms with E-state index in [-0.39, 0.29) is 6.10 Å². The number of hydrogen-bond donors (Lipinski definition) is 1. The fourth-order valence-corrected chi connectivity index (χ4v) is 3.74. The summed E-state index contributed by atoms with van der Waals surface area (Å²) in [6.45, 7) is 0. The predicted molar refractivity (Wildman–Crippen MR) is 54.7 cm³/mol. The molecule has 0 spiro atoms. The molecular formula is C11H12OSe. The minimum atomic E-state index is -0.235. The van der Waals surface area contributed by atoms with Crippen molar-refractivity contribution in [2.24, 2.45) is 0 Å². The molecule has 0 saturated heterocycles. The van der Waals surface area contributed by atoms with Crippen LogP contribution in [0.3, 0.4) is 0 Å². The molecule has 68 valence electrons. The van der Waals surface area contributed by atoms with Gasteiger partial charge < -0.3 is 0 Å². The second kappa shape index (κ2) is 4.10. The van der Waals surface area contributed by atoms with Crippen molar-refractivity contribution in [1.82, 2.24) is 0 Å². The van der Waals surface area contributed by atoms with E-state index in [0.29, 0.717) is 19.8 Å². The third kappa shape index (κ3) is 2.22. The number of rotatable bonds is 1. The van der Waals surface area contributed by atoms with Crippen molar-refractivity contribution in [2.75, 3.05) is 0 Å². The Balaban J connectivity index is 2.15. The Morgan fingerprint density at radius 3 is 2.69 bits per heavy atom. The van der Waals surface area contributed by atoms with Crippen molar-refractivity contribution in [2.45, 2.75) is 17.3 Å². The molecule has 2 unspecified atom stereocenters. The topological polar surface area (TPSA) is 20.2 Å². The molecule has 0 bridgehead atoms. The summed E-state index contributed by atoms with van der Waals surface area (Å²) in [6.07, 6.45) is 2.57. The molecule has 0 radical (unpaired) electrons. The van der Waals surface area contributed by atoms with Gasteiger partial charge in [-0.25, -0.2) is 0 Å². The Bertz CT molecular complexity index is 294. The fourth-order valence-electron chi connectivity index (χ4n) is 1.47. The Kier molecular flexibility index (Phi) is 2.84. The molecule has 1 aromatic carbocycles. The molecule has 0 saturated carbocycles. The Hall–Kier alpha value is -0.561. The summed E-state index contributed by atoms with van der Waals surface area (Å²) in [4.78, 5) is 2.70. The molecule has 13 heavy (non-hydrogen) atoms. The first kappa shape index (κ1) is 9.01. The van der Waals surface area contributed by atoms with Gasteiger partial charge in [-0.1, -0.05) is 0 Å². The van der Waals surface area contributed by atoms with Crippen LogP contribution in [0.4, 0.5) is 0 Å². The molecule has 2 heteroatoms. The average Bonchev–Trinajstić information content (AvgIpc) is 2.19. The second-order valence-corrected chi connectivity index (χ2v) is 5.50. The van der Waals surface area contributed by atoms with E-state index >= 15 is 0 Å². The van der Waals surface area contributed by atoms with E-state index in [0.717, 1.165) is 6.42 Å². The van der Waals surface area contributed by atoms with Crippen LogP contribution >= 0.6 is 0 Å². The fraction of sp³-hybridized carbons (Fsp3) is 0.273. The SMILES string of the molecule is OC1C=C[Se]C(c2ccccc2)C1. The van der Waals surface area contributed by atoms with Gasteiger partial charge >= 0.3 is 84.4 Å². The predicted octanol–water partition coefficient (Wildman–Crippen LogP) is 1.71. The van der Waals surface area contributed by atoms with Crippen LogP contribution in [0.2, 0.25) is 0 Å². The average molecular weight is 239 g/mol. The van der Waals surface area contributed by atoms with Crippen LogP contribution in [0, 0.1) is 0 Å². The van der Waals surface area contributed by atoms with Crippen molar-refractivity contribution in [3.05, 3.63) is 46.9 Å². The molecule has 2 atom stereocenters. The molecule has 1 aliphatic rings. The molecule has 1 nitrogen and oxygen atoms in total. The molecular weight excluding hydrogens is 227 g/mol. The van der Waals surface area contributed by atoms with Crippen molar-refractivity contribution >= 4 is 15.0 Å². The number of aliphatic hydroxyl groups excluding tert-OH is 1. The van der Waals surface area contributed by atoms with Crippen molar-refractivity contribution in [1.29, 1.82) is 0 Å². The number of hydrogen-bond acceptors (Lipinski definition) is 1. The Morgan fingerprint density at radius 2 is 2.00 bits per heavy atom. The van der Waals surface area contributed by atoms with E-state index in [2.05, 4.69) is 29.2 Å². The summed E-state index contributed by atoms with van der Waals surface area (Å²) in [5.41, 5.74) is 1.37. The van der Waals surface area contributed by atoms with Crippen molar-refractivity contribution < 1.29 is 5.11 Å². The summed E-state index contributed by atoms with van der Waals surface area (Å²) < 4.78 is 0. The van der Waals surface area contributed by atoms with E-state index in [1.165, 1.54) is 5.56 Å². The monoisotopic (exact) mass is 240 g/mol. The molecule has 2 rings (SSSR count). The van der Waals surface area contributed by atoms with Crippen LogP contribution in [0.5, 0.6) is 0 Å². The van der Waals surface area contributed by atoms with Gasteiger partial charge in [0.05, 0.1) is 0 Å². The first-order valence-electron chi connectivity index (χ1n) is 4.41. The van der Waals surface area contributed by atoms with Gasteiger partial charge in [0.25, 0.3) is 0 Å². The van der Waals surface area contributed by atoms with Crippen LogP contribution in [-0.4, -0.2) is 26.2 Å². The molecule has 0 amide bonds. The van der Waals surface area contributed by atoms with E-state index in [1.54, 1.807) is 0 Å². The summed E-state index contributed by atoms with van der Waals surface area (Å²) in [5, 5.41) is 9.46. The molecule has 0 fully saturated rings. The molecule has 1 aromatic rings. The summed E-state index contributed by atoms with van der Waals surface area (Å²) >= 11 is 0.514. The normalized spacial score (nSPS) is 27.5. The van der Waals surface area contributed by atoms with E-state index in [4.69, 9.17) is 0 Å². The van der Waals surface area contributed by atoms with Crippen LogP contribution < -0.4 is 0 Å². The van der Waals surface area contributed by atoms with Gasteiger partial charge in [-0.2, -0.15) is 0 Å². The number of aliphatic hydroxyl groups is 1.